The number of amides is 1. The van der Waals surface area contributed by atoms with Gasteiger partial charge in [0.2, 0.25) is 0 Å². The highest BCUT2D eigenvalue weighted by Crippen LogP contribution is 2.38. The van der Waals surface area contributed by atoms with Crippen LogP contribution in [0.5, 0.6) is 0 Å². The Morgan fingerprint density at radius 3 is 2.58 bits per heavy atom. The Kier molecular flexibility index (Phi) is 6.01. The van der Waals surface area contributed by atoms with Crippen LogP contribution in [0.15, 0.2) is 64.4 Å². The molecular weight excluding hydrogens is 456 g/mol. The molecule has 0 aliphatic carbocycles. The lowest BCUT2D eigenvalue weighted by Crippen LogP contribution is -2.38. The number of thiocarbonyl (C=S) groups is 1. The largest absolute Gasteiger partial charge is 0.378 e. The highest BCUT2D eigenvalue weighted by molar-refractivity contribution is 8.26. The van der Waals surface area contributed by atoms with Gasteiger partial charge in [0.05, 0.1) is 29.7 Å². The number of fused-ring (bicyclic) bond motifs is 1. The van der Waals surface area contributed by atoms with Crippen LogP contribution >= 0.6 is 24.0 Å². The van der Waals surface area contributed by atoms with E-state index in [0.717, 1.165) is 5.56 Å². The Hall–Kier alpha value is -3.01. The van der Waals surface area contributed by atoms with Crippen LogP contribution in [-0.4, -0.2) is 50.8 Å². The summed E-state index contributed by atoms with van der Waals surface area (Å²) in [6, 6.07) is 15.0. The molecule has 1 atom stereocenters. The lowest BCUT2D eigenvalue weighted by Gasteiger charge is -2.29. The van der Waals surface area contributed by atoms with Crippen LogP contribution in [0, 0.1) is 0 Å². The molecule has 1 aromatic carbocycles. The molecule has 2 fully saturated rings. The maximum atomic E-state index is 13.5. The molecule has 2 aliphatic heterocycles. The summed E-state index contributed by atoms with van der Waals surface area (Å²) in [5, 5.41) is 0. The second-order valence-corrected chi connectivity index (χ2v) is 9.50. The third kappa shape index (κ3) is 4.07. The Balaban J connectivity index is 1.58. The van der Waals surface area contributed by atoms with E-state index in [2.05, 4.69) is 0 Å². The second kappa shape index (κ2) is 9.09. The standard InChI is InChI=1S/C24H22N4O3S2/c1-16(17-7-3-2-4-8-17)28-23(30)19(33-24(28)32)15-18-21(26-11-13-31-14-12-26)25-20-9-5-6-10-27(20)22(18)29/h2-10,15-16H,11-14H2,1H3. The molecular formula is C24H22N4O3S2. The molecule has 3 aromatic rings. The van der Waals surface area contributed by atoms with E-state index in [1.165, 1.54) is 16.2 Å². The number of hydrogen-bond donors (Lipinski definition) is 0. The molecule has 0 N–H and O–H groups in total. The molecule has 33 heavy (non-hydrogen) atoms. The molecule has 2 aliphatic rings. The maximum Gasteiger partial charge on any atom is 0.267 e. The number of benzene rings is 1. The number of ether oxygens (including phenoxy) is 1. The zero-order chi connectivity index (χ0) is 22.9. The van der Waals surface area contributed by atoms with Gasteiger partial charge in [-0.15, -0.1) is 0 Å². The number of aromatic nitrogens is 2. The van der Waals surface area contributed by atoms with Gasteiger partial charge in [0.15, 0.2) is 0 Å². The molecule has 2 saturated heterocycles. The van der Waals surface area contributed by atoms with E-state index in [4.69, 9.17) is 21.9 Å². The number of anilines is 1. The van der Waals surface area contributed by atoms with E-state index in [-0.39, 0.29) is 17.5 Å². The summed E-state index contributed by atoms with van der Waals surface area (Å²) in [6.45, 7) is 4.33. The number of morpholine rings is 1. The van der Waals surface area contributed by atoms with Gasteiger partial charge in [-0.1, -0.05) is 60.4 Å². The Morgan fingerprint density at radius 1 is 1.09 bits per heavy atom. The first-order valence-corrected chi connectivity index (χ1v) is 11.9. The highest BCUT2D eigenvalue weighted by Gasteiger charge is 2.36. The lowest BCUT2D eigenvalue weighted by molar-refractivity contribution is -0.123. The van der Waals surface area contributed by atoms with Crippen LogP contribution in [0.1, 0.15) is 24.1 Å². The normalized spacial score (nSPS) is 19.0. The zero-order valence-corrected chi connectivity index (χ0v) is 19.6. The van der Waals surface area contributed by atoms with Gasteiger partial charge < -0.3 is 9.64 Å². The van der Waals surface area contributed by atoms with Crippen molar-refractivity contribution in [1.82, 2.24) is 14.3 Å². The summed E-state index contributed by atoms with van der Waals surface area (Å²) in [4.78, 5) is 35.7. The SMILES string of the molecule is CC(c1ccccc1)N1C(=O)C(=Cc2c(N3CCOCC3)nc3ccccn3c2=O)SC1=S. The average Bonchev–Trinajstić information content (AvgIpc) is 3.14. The molecule has 168 valence electrons. The van der Waals surface area contributed by atoms with Gasteiger partial charge in [-0.25, -0.2) is 4.98 Å². The zero-order valence-electron chi connectivity index (χ0n) is 18.0. The first-order chi connectivity index (χ1) is 16.0. The van der Waals surface area contributed by atoms with Gasteiger partial charge in [-0.05, 0) is 30.7 Å². The van der Waals surface area contributed by atoms with Crippen molar-refractivity contribution < 1.29 is 9.53 Å². The molecule has 0 bridgehead atoms. The Bertz CT molecular complexity index is 1320. The monoisotopic (exact) mass is 478 g/mol. The van der Waals surface area contributed by atoms with Gasteiger partial charge in [-0.3, -0.25) is 18.9 Å². The molecule has 2 aromatic heterocycles. The van der Waals surface area contributed by atoms with Crippen LogP contribution in [0.4, 0.5) is 5.82 Å². The van der Waals surface area contributed by atoms with E-state index >= 15 is 0 Å². The second-order valence-electron chi connectivity index (χ2n) is 7.82. The topological polar surface area (TPSA) is 67.2 Å². The van der Waals surface area contributed by atoms with Gasteiger partial charge in [0.25, 0.3) is 11.5 Å². The number of carbonyl (C=O) groups excluding carboxylic acids is 1. The summed E-state index contributed by atoms with van der Waals surface area (Å²) in [5.41, 5.74) is 1.72. The summed E-state index contributed by atoms with van der Waals surface area (Å²) < 4.78 is 7.45. The number of rotatable bonds is 4. The van der Waals surface area contributed by atoms with E-state index in [0.29, 0.717) is 52.6 Å². The minimum absolute atomic E-state index is 0.202. The summed E-state index contributed by atoms with van der Waals surface area (Å²) >= 11 is 6.78. The van der Waals surface area contributed by atoms with Crippen molar-refractivity contribution in [2.75, 3.05) is 31.2 Å². The van der Waals surface area contributed by atoms with Crippen LogP contribution in [-0.2, 0) is 9.53 Å². The van der Waals surface area contributed by atoms with Crippen LogP contribution < -0.4 is 10.5 Å². The summed E-state index contributed by atoms with van der Waals surface area (Å²) in [7, 11) is 0. The quantitative estimate of drug-likeness (QED) is 0.420. The number of pyridine rings is 1. The predicted molar refractivity (Wildman–Crippen MR) is 134 cm³/mol. The van der Waals surface area contributed by atoms with Crippen molar-refractivity contribution in [2.24, 2.45) is 0 Å². The maximum absolute atomic E-state index is 13.5. The van der Waals surface area contributed by atoms with Gasteiger partial charge >= 0.3 is 0 Å². The van der Waals surface area contributed by atoms with Crippen molar-refractivity contribution in [3.05, 3.63) is 81.1 Å². The van der Waals surface area contributed by atoms with E-state index < -0.39 is 0 Å². The Morgan fingerprint density at radius 2 is 1.82 bits per heavy atom. The van der Waals surface area contributed by atoms with E-state index in [1.807, 2.05) is 48.2 Å². The van der Waals surface area contributed by atoms with Crippen LogP contribution in [0.3, 0.4) is 0 Å². The first kappa shape index (κ1) is 21.8. The third-order valence-electron chi connectivity index (χ3n) is 5.83. The number of thioether (sulfide) groups is 1. The molecule has 9 heteroatoms. The van der Waals surface area contributed by atoms with E-state index in [9.17, 15) is 9.59 Å². The van der Waals surface area contributed by atoms with Crippen molar-refractivity contribution in [3.8, 4) is 0 Å². The van der Waals surface area contributed by atoms with Crippen LogP contribution in [0.2, 0.25) is 0 Å². The third-order valence-corrected chi connectivity index (χ3v) is 7.16. The molecule has 7 nitrogen and oxygen atoms in total. The minimum atomic E-state index is -0.219. The van der Waals surface area contributed by atoms with Crippen LogP contribution in [0.25, 0.3) is 11.7 Å². The number of hydrogen-bond acceptors (Lipinski definition) is 7. The fourth-order valence-electron chi connectivity index (χ4n) is 4.06. The molecule has 0 radical (unpaired) electrons. The fraction of sp³-hybridized carbons (Fsp3) is 0.250. The highest BCUT2D eigenvalue weighted by atomic mass is 32.2. The molecule has 0 spiro atoms. The van der Waals surface area contributed by atoms with Crippen molar-refractivity contribution in [3.63, 3.8) is 0 Å². The van der Waals surface area contributed by atoms with E-state index in [1.54, 1.807) is 29.3 Å². The smallest absolute Gasteiger partial charge is 0.267 e. The molecule has 1 amide bonds. The lowest BCUT2D eigenvalue weighted by atomic mass is 10.1. The average molecular weight is 479 g/mol. The van der Waals surface area contributed by atoms with Gasteiger partial charge in [0.1, 0.15) is 15.8 Å². The van der Waals surface area contributed by atoms with Crippen molar-refractivity contribution in [2.45, 2.75) is 13.0 Å². The van der Waals surface area contributed by atoms with Crippen molar-refractivity contribution in [1.29, 1.82) is 0 Å². The number of carbonyl (C=O) groups is 1. The first-order valence-electron chi connectivity index (χ1n) is 10.7. The summed E-state index contributed by atoms with van der Waals surface area (Å²) in [5.74, 6) is 0.364. The Labute approximate surface area is 200 Å². The van der Waals surface area contributed by atoms with Crippen molar-refractivity contribution >= 4 is 51.7 Å². The fourth-order valence-corrected chi connectivity index (χ4v) is 5.46. The number of nitrogens with zero attached hydrogens (tertiary/aromatic N) is 4. The molecule has 0 saturated carbocycles. The molecule has 4 heterocycles. The molecule has 5 rings (SSSR count). The van der Waals surface area contributed by atoms with Gasteiger partial charge in [-0.2, -0.15) is 0 Å². The van der Waals surface area contributed by atoms with Gasteiger partial charge in [0, 0.05) is 19.3 Å². The molecule has 1 unspecified atom stereocenters. The minimum Gasteiger partial charge on any atom is -0.378 e. The predicted octanol–water partition coefficient (Wildman–Crippen LogP) is 3.49. The summed E-state index contributed by atoms with van der Waals surface area (Å²) in [6.07, 6.45) is 3.34.